The van der Waals surface area contributed by atoms with Gasteiger partial charge in [0.15, 0.2) is 5.69 Å². The molecule has 8 nitrogen and oxygen atoms in total. The Bertz CT molecular complexity index is 1110. The molecule has 180 valence electrons. The highest BCUT2D eigenvalue weighted by Gasteiger charge is 2.43. The van der Waals surface area contributed by atoms with Gasteiger partial charge in [-0.05, 0) is 39.2 Å². The molecule has 1 N–H and O–H groups in total. The number of amides is 1. The molecule has 2 aromatic rings. The van der Waals surface area contributed by atoms with Crippen molar-refractivity contribution in [3.63, 3.8) is 0 Å². The van der Waals surface area contributed by atoms with Crippen molar-refractivity contribution in [2.75, 3.05) is 19.0 Å². The van der Waals surface area contributed by atoms with Crippen LogP contribution in [0.2, 0.25) is 5.02 Å². The molecular weight excluding hydrogens is 487 g/mol. The topological polar surface area (TPSA) is 99.5 Å². The van der Waals surface area contributed by atoms with Crippen LogP contribution in [-0.2, 0) is 20.4 Å². The van der Waals surface area contributed by atoms with Crippen LogP contribution < -0.4 is 5.32 Å². The van der Waals surface area contributed by atoms with Gasteiger partial charge in [-0.15, -0.1) is 11.3 Å². The van der Waals surface area contributed by atoms with E-state index in [9.17, 15) is 27.6 Å². The van der Waals surface area contributed by atoms with Crippen LogP contribution in [0.15, 0.2) is 0 Å². The first-order chi connectivity index (χ1) is 15.4. The molecule has 1 atom stereocenters. The molecule has 1 unspecified atom stereocenters. The van der Waals surface area contributed by atoms with Gasteiger partial charge in [0.1, 0.15) is 15.9 Å². The third-order valence-electron chi connectivity index (χ3n) is 5.10. The van der Waals surface area contributed by atoms with Crippen LogP contribution in [0, 0.1) is 6.92 Å². The Labute approximate surface area is 196 Å². The van der Waals surface area contributed by atoms with E-state index in [1.807, 2.05) is 0 Å². The summed E-state index contributed by atoms with van der Waals surface area (Å²) in [5.74, 6) is -2.43. The predicted molar refractivity (Wildman–Crippen MR) is 114 cm³/mol. The summed E-state index contributed by atoms with van der Waals surface area (Å²) in [6.45, 7) is 4.60. The highest BCUT2D eigenvalue weighted by Crippen LogP contribution is 2.47. The van der Waals surface area contributed by atoms with Gasteiger partial charge in [0.2, 0.25) is 5.91 Å². The Balaban J connectivity index is 1.97. The molecule has 0 aromatic carbocycles. The third kappa shape index (κ3) is 4.86. The van der Waals surface area contributed by atoms with Crippen LogP contribution in [-0.4, -0.2) is 41.3 Å². The Kier molecular flexibility index (Phi) is 7.08. The first kappa shape index (κ1) is 25.0. The highest BCUT2D eigenvalue weighted by atomic mass is 35.5. The molecule has 0 aliphatic heterocycles. The average Bonchev–Trinajstić information content (AvgIpc) is 3.43. The summed E-state index contributed by atoms with van der Waals surface area (Å²) in [5.41, 5.74) is -0.886. The molecule has 1 aliphatic carbocycles. The van der Waals surface area contributed by atoms with Gasteiger partial charge in [0, 0.05) is 5.92 Å². The van der Waals surface area contributed by atoms with Crippen LogP contribution in [0.4, 0.5) is 18.2 Å². The molecule has 1 amide bonds. The first-order valence-electron chi connectivity index (χ1n) is 9.97. The zero-order valence-electron chi connectivity index (χ0n) is 18.1. The lowest BCUT2D eigenvalue weighted by atomic mass is 10.1. The summed E-state index contributed by atoms with van der Waals surface area (Å²) in [7, 11) is 1.14. The van der Waals surface area contributed by atoms with E-state index in [-0.39, 0.29) is 39.2 Å². The molecule has 0 saturated heterocycles. The van der Waals surface area contributed by atoms with E-state index in [0.717, 1.165) is 23.1 Å². The SMILES string of the molecule is CCOC(=O)c1sc(NC(=O)C(C)n2nc(C(F)(F)F)c(Cl)c2C2CC2)c(C(=O)OC)c1C. The molecule has 33 heavy (non-hydrogen) atoms. The fraction of sp³-hybridized carbons (Fsp3) is 0.500. The molecule has 13 heteroatoms. The standard InChI is InChI=1S/C20H21ClF3N3O5S/c1-5-32-19(30)14-8(2)11(18(29)31-4)17(33-14)25-16(28)9(3)27-13(10-6-7-10)12(21)15(26-27)20(22,23)24/h9-10H,5-7H2,1-4H3,(H,25,28). The lowest BCUT2D eigenvalue weighted by Gasteiger charge is -2.16. The lowest BCUT2D eigenvalue weighted by Crippen LogP contribution is -2.26. The van der Waals surface area contributed by atoms with Crippen molar-refractivity contribution in [3.8, 4) is 0 Å². The zero-order valence-corrected chi connectivity index (χ0v) is 19.7. The van der Waals surface area contributed by atoms with Crippen molar-refractivity contribution in [2.45, 2.75) is 51.7 Å². The van der Waals surface area contributed by atoms with Crippen molar-refractivity contribution in [3.05, 3.63) is 32.4 Å². The molecule has 2 aromatic heterocycles. The van der Waals surface area contributed by atoms with Crippen LogP contribution in [0.3, 0.4) is 0 Å². The smallest absolute Gasteiger partial charge is 0.436 e. The van der Waals surface area contributed by atoms with Crippen LogP contribution >= 0.6 is 22.9 Å². The fourth-order valence-corrected chi connectivity index (χ4v) is 4.77. The number of thiophene rings is 1. The summed E-state index contributed by atoms with van der Waals surface area (Å²) in [6.07, 6.45) is -3.51. The van der Waals surface area contributed by atoms with Crippen LogP contribution in [0.25, 0.3) is 0 Å². The van der Waals surface area contributed by atoms with E-state index >= 15 is 0 Å². The lowest BCUT2D eigenvalue weighted by molar-refractivity contribution is -0.141. The van der Waals surface area contributed by atoms with Gasteiger partial charge in [-0.3, -0.25) is 9.48 Å². The minimum atomic E-state index is -4.78. The van der Waals surface area contributed by atoms with E-state index in [1.54, 1.807) is 6.92 Å². The van der Waals surface area contributed by atoms with Gasteiger partial charge < -0.3 is 14.8 Å². The van der Waals surface area contributed by atoms with Crippen LogP contribution in [0.5, 0.6) is 0 Å². The van der Waals surface area contributed by atoms with Gasteiger partial charge in [-0.1, -0.05) is 11.6 Å². The number of anilines is 1. The number of alkyl halides is 3. The van der Waals surface area contributed by atoms with Gasteiger partial charge >= 0.3 is 18.1 Å². The molecule has 1 saturated carbocycles. The summed E-state index contributed by atoms with van der Waals surface area (Å²) >= 11 is 6.80. The summed E-state index contributed by atoms with van der Waals surface area (Å²) in [5, 5.41) is 5.61. The monoisotopic (exact) mass is 507 g/mol. The van der Waals surface area contributed by atoms with Gasteiger partial charge in [-0.25, -0.2) is 9.59 Å². The number of aromatic nitrogens is 2. The zero-order chi connectivity index (χ0) is 24.7. The molecular formula is C20H21ClF3N3O5S. The Morgan fingerprint density at radius 2 is 1.94 bits per heavy atom. The second-order valence-electron chi connectivity index (χ2n) is 7.40. The van der Waals surface area contributed by atoms with Gasteiger partial charge in [-0.2, -0.15) is 18.3 Å². The molecule has 0 radical (unpaired) electrons. The number of nitrogens with one attached hydrogen (secondary N) is 1. The van der Waals surface area contributed by atoms with Crippen molar-refractivity contribution in [1.29, 1.82) is 0 Å². The number of hydrogen-bond acceptors (Lipinski definition) is 7. The summed E-state index contributed by atoms with van der Waals surface area (Å²) in [4.78, 5) is 37.6. The number of esters is 2. The van der Waals surface area contributed by atoms with Gasteiger partial charge in [0.05, 0.1) is 30.0 Å². The molecule has 1 aliphatic rings. The normalized spacial score (nSPS) is 14.7. The quantitative estimate of drug-likeness (QED) is 0.531. The number of rotatable bonds is 7. The minimum absolute atomic E-state index is 0.0153. The Morgan fingerprint density at radius 3 is 2.45 bits per heavy atom. The number of carbonyl (C=O) groups is 3. The van der Waals surface area contributed by atoms with Gasteiger partial charge in [0.25, 0.3) is 0 Å². The van der Waals surface area contributed by atoms with Crippen molar-refractivity contribution in [1.82, 2.24) is 9.78 Å². The maximum Gasteiger partial charge on any atom is 0.436 e. The number of halogens is 4. The van der Waals surface area contributed by atoms with E-state index in [0.29, 0.717) is 12.8 Å². The van der Waals surface area contributed by atoms with E-state index in [4.69, 9.17) is 21.1 Å². The van der Waals surface area contributed by atoms with Crippen molar-refractivity contribution >= 4 is 45.8 Å². The highest BCUT2D eigenvalue weighted by molar-refractivity contribution is 7.18. The number of nitrogens with zero attached hydrogens (tertiary/aromatic N) is 2. The maximum absolute atomic E-state index is 13.3. The van der Waals surface area contributed by atoms with E-state index < -0.39 is 40.8 Å². The second-order valence-corrected chi connectivity index (χ2v) is 8.80. The second kappa shape index (κ2) is 9.34. The van der Waals surface area contributed by atoms with Crippen LogP contribution in [0.1, 0.15) is 75.6 Å². The Hall–Kier alpha value is -2.60. The fourth-order valence-electron chi connectivity index (χ4n) is 3.29. The number of methoxy groups -OCH3 is 1. The number of hydrogen-bond donors (Lipinski definition) is 1. The van der Waals surface area contributed by atoms with E-state index in [2.05, 4.69) is 10.4 Å². The summed E-state index contributed by atoms with van der Waals surface area (Å²) in [6, 6.07) is -1.19. The Morgan fingerprint density at radius 1 is 1.30 bits per heavy atom. The molecule has 3 rings (SSSR count). The molecule has 1 fully saturated rings. The summed E-state index contributed by atoms with van der Waals surface area (Å²) < 4.78 is 50.8. The van der Waals surface area contributed by atoms with E-state index in [1.165, 1.54) is 13.8 Å². The number of carbonyl (C=O) groups excluding carboxylic acids is 3. The largest absolute Gasteiger partial charge is 0.465 e. The average molecular weight is 508 g/mol. The first-order valence-corrected chi connectivity index (χ1v) is 11.2. The minimum Gasteiger partial charge on any atom is -0.465 e. The molecule has 2 heterocycles. The van der Waals surface area contributed by atoms with Crippen molar-refractivity contribution in [2.24, 2.45) is 0 Å². The van der Waals surface area contributed by atoms with Crippen molar-refractivity contribution < 1.29 is 37.0 Å². The molecule has 0 spiro atoms. The predicted octanol–water partition coefficient (Wildman–Crippen LogP) is 4.97. The third-order valence-corrected chi connectivity index (χ3v) is 6.66. The number of ether oxygens (including phenoxy) is 2. The maximum atomic E-state index is 13.3. The molecule has 0 bridgehead atoms.